The molecule has 0 aliphatic carbocycles. The van der Waals surface area contributed by atoms with Crippen molar-refractivity contribution in [2.75, 3.05) is 50.1 Å². The molecule has 2 fully saturated rings. The second-order valence-electron chi connectivity index (χ2n) is 18.7. The first-order chi connectivity index (χ1) is 32.9. The first kappa shape index (κ1) is 46.5. The number of rotatable bonds is 14. The Morgan fingerprint density at radius 1 is 0.824 bits per heavy atom. The SMILES string of the molecule is COC(=O)N1CCc2cc(C3CCN(C(=O)CCCCCCCNc4ccc5c(c4)C(=O)N(C4CCC(=O)NC4=O)C5=O)CC3)cc(N3CCCc4cc(-c5cnn(C)c5)c(C(F)F)cc43)c2C1. The number of unbranched alkanes of at least 4 members (excludes halogenated alkanes) is 4. The topological polar surface area (TPSA) is 166 Å². The molecule has 358 valence electrons. The zero-order valence-electron chi connectivity index (χ0n) is 38.7. The Morgan fingerprint density at radius 2 is 1.60 bits per heavy atom. The van der Waals surface area contributed by atoms with Gasteiger partial charge in [0.2, 0.25) is 17.7 Å². The number of nitrogens with zero attached hydrogens (tertiary/aromatic N) is 6. The van der Waals surface area contributed by atoms with Crippen LogP contribution in [0.3, 0.4) is 0 Å². The smallest absolute Gasteiger partial charge is 0.409 e. The van der Waals surface area contributed by atoms with Crippen LogP contribution in [0.5, 0.6) is 0 Å². The Hall–Kier alpha value is -6.65. The molecule has 0 radical (unpaired) electrons. The summed E-state index contributed by atoms with van der Waals surface area (Å²) in [6, 6.07) is 12.0. The van der Waals surface area contributed by atoms with Crippen LogP contribution in [0.1, 0.15) is 132 Å². The van der Waals surface area contributed by atoms with E-state index < -0.39 is 42.2 Å². The molecule has 4 aromatic rings. The van der Waals surface area contributed by atoms with E-state index >= 15 is 0 Å². The minimum absolute atomic E-state index is 0.0351. The normalized spacial score (nSPS) is 18.5. The van der Waals surface area contributed by atoms with Gasteiger partial charge in [0.15, 0.2) is 0 Å². The molecule has 6 heterocycles. The van der Waals surface area contributed by atoms with E-state index in [4.69, 9.17) is 4.74 Å². The van der Waals surface area contributed by atoms with E-state index in [-0.39, 0.29) is 41.4 Å². The number of aryl methyl sites for hydroxylation is 2. The molecular weight excluding hydrogens is 875 g/mol. The van der Waals surface area contributed by atoms with Gasteiger partial charge < -0.3 is 24.8 Å². The van der Waals surface area contributed by atoms with E-state index in [0.29, 0.717) is 68.9 Å². The lowest BCUT2D eigenvalue weighted by Crippen LogP contribution is -2.54. The lowest BCUT2D eigenvalue weighted by Gasteiger charge is -2.38. The maximum atomic E-state index is 14.8. The number of hydrogen-bond acceptors (Lipinski definition) is 10. The molecule has 5 aliphatic rings. The van der Waals surface area contributed by atoms with Gasteiger partial charge in [0.05, 0.1) is 31.0 Å². The highest BCUT2D eigenvalue weighted by Gasteiger charge is 2.44. The van der Waals surface area contributed by atoms with Crippen LogP contribution in [0.15, 0.2) is 54.9 Å². The largest absolute Gasteiger partial charge is 0.453 e. The number of hydrogen-bond donors (Lipinski definition) is 2. The minimum Gasteiger partial charge on any atom is -0.453 e. The Kier molecular flexibility index (Phi) is 13.6. The van der Waals surface area contributed by atoms with Crippen LogP contribution >= 0.6 is 0 Å². The number of anilines is 3. The molecule has 1 atom stereocenters. The van der Waals surface area contributed by atoms with Crippen LogP contribution in [0, 0.1) is 0 Å². The van der Waals surface area contributed by atoms with Crippen molar-refractivity contribution in [2.24, 2.45) is 7.05 Å². The van der Waals surface area contributed by atoms with E-state index in [1.807, 2.05) is 11.0 Å². The number of alkyl halides is 2. The fourth-order valence-corrected chi connectivity index (χ4v) is 10.7. The number of imide groups is 2. The number of benzene rings is 3. The molecular formula is C51H58F2N8O7. The number of fused-ring (bicyclic) bond motifs is 3. The number of likely N-dealkylation sites (tertiary alicyclic amines) is 1. The number of carbonyl (C=O) groups excluding carboxylic acids is 6. The second-order valence-corrected chi connectivity index (χ2v) is 18.7. The van der Waals surface area contributed by atoms with Gasteiger partial charge in [-0.2, -0.15) is 5.10 Å². The van der Waals surface area contributed by atoms with Crippen molar-refractivity contribution in [3.05, 3.63) is 93.8 Å². The number of aromatic nitrogens is 2. The number of halogens is 2. The van der Waals surface area contributed by atoms with Crippen molar-refractivity contribution >= 4 is 52.7 Å². The average Bonchev–Trinajstić information content (AvgIpc) is 3.89. The quantitative estimate of drug-likeness (QED) is 0.0942. The van der Waals surface area contributed by atoms with E-state index in [2.05, 4.69) is 32.8 Å². The molecule has 9 rings (SSSR count). The molecule has 3 aromatic carbocycles. The Morgan fingerprint density at radius 3 is 2.35 bits per heavy atom. The zero-order chi connectivity index (χ0) is 47.6. The summed E-state index contributed by atoms with van der Waals surface area (Å²) in [7, 11) is 3.15. The summed E-state index contributed by atoms with van der Waals surface area (Å²) in [6.45, 7) is 3.53. The molecule has 1 unspecified atom stereocenters. The number of carbonyl (C=O) groups is 6. The summed E-state index contributed by atoms with van der Waals surface area (Å²) < 4.78 is 36.3. The van der Waals surface area contributed by atoms with Crippen LogP contribution in [-0.4, -0.2) is 106 Å². The summed E-state index contributed by atoms with van der Waals surface area (Å²) in [5.41, 5.74) is 8.34. The van der Waals surface area contributed by atoms with Gasteiger partial charge in [-0.3, -0.25) is 38.9 Å². The lowest BCUT2D eigenvalue weighted by molar-refractivity contribution is -0.136. The molecule has 2 saturated heterocycles. The van der Waals surface area contributed by atoms with Crippen molar-refractivity contribution in [1.29, 1.82) is 0 Å². The van der Waals surface area contributed by atoms with E-state index in [0.717, 1.165) is 90.8 Å². The molecule has 6 amide bonds. The third-order valence-corrected chi connectivity index (χ3v) is 14.3. The highest BCUT2D eigenvalue weighted by Crippen LogP contribution is 2.45. The predicted octanol–water partition coefficient (Wildman–Crippen LogP) is 7.79. The fraction of sp³-hybridized carbons (Fsp3) is 0.471. The first-order valence-electron chi connectivity index (χ1n) is 24.0. The average molecular weight is 933 g/mol. The van der Waals surface area contributed by atoms with Crippen LogP contribution in [0.4, 0.5) is 30.6 Å². The monoisotopic (exact) mass is 932 g/mol. The van der Waals surface area contributed by atoms with Gasteiger partial charge in [0.25, 0.3) is 18.2 Å². The van der Waals surface area contributed by atoms with Crippen molar-refractivity contribution in [2.45, 2.75) is 108 Å². The summed E-state index contributed by atoms with van der Waals surface area (Å²) in [4.78, 5) is 83.1. The lowest BCUT2D eigenvalue weighted by atomic mass is 9.84. The van der Waals surface area contributed by atoms with Crippen molar-refractivity contribution in [1.82, 2.24) is 29.8 Å². The molecule has 1 aromatic heterocycles. The molecule has 2 N–H and O–H groups in total. The maximum Gasteiger partial charge on any atom is 0.409 e. The predicted molar refractivity (Wildman–Crippen MR) is 250 cm³/mol. The molecule has 15 nitrogen and oxygen atoms in total. The van der Waals surface area contributed by atoms with Crippen molar-refractivity contribution in [3.63, 3.8) is 0 Å². The van der Waals surface area contributed by atoms with Gasteiger partial charge >= 0.3 is 6.09 Å². The number of amides is 6. The van der Waals surface area contributed by atoms with Crippen LogP contribution in [-0.2, 0) is 45.6 Å². The Labute approximate surface area is 394 Å². The van der Waals surface area contributed by atoms with E-state index in [9.17, 15) is 37.5 Å². The van der Waals surface area contributed by atoms with E-state index in [1.54, 1.807) is 53.3 Å². The highest BCUT2D eigenvalue weighted by atomic mass is 19.3. The number of ether oxygens (including phenoxy) is 1. The molecule has 5 aliphatic heterocycles. The highest BCUT2D eigenvalue weighted by molar-refractivity contribution is 6.23. The van der Waals surface area contributed by atoms with Gasteiger partial charge in [-0.25, -0.2) is 13.6 Å². The molecule has 17 heteroatoms. The van der Waals surface area contributed by atoms with Gasteiger partial charge in [-0.1, -0.05) is 25.3 Å². The Balaban J connectivity index is 0.774. The molecule has 0 saturated carbocycles. The second kappa shape index (κ2) is 19.9. The van der Waals surface area contributed by atoms with Gasteiger partial charge in [0.1, 0.15) is 6.04 Å². The molecule has 0 bridgehead atoms. The first-order valence-corrected chi connectivity index (χ1v) is 24.0. The fourth-order valence-electron chi connectivity index (χ4n) is 10.7. The van der Waals surface area contributed by atoms with Gasteiger partial charge in [-0.05, 0) is 121 Å². The van der Waals surface area contributed by atoms with Gasteiger partial charge in [0, 0.05) is 87.0 Å². The summed E-state index contributed by atoms with van der Waals surface area (Å²) in [5.74, 6) is -1.72. The summed E-state index contributed by atoms with van der Waals surface area (Å²) >= 11 is 0. The standard InChI is InChI=1S/C51H58F2N8O7/c1-57-29-35(28-55-57)38-24-33-9-8-19-60(43(33)27-39(38)47(52)53)44-25-34(23-32-17-22-59(30-41(32)44)51(67)68-2)31-15-20-58(21-16-31)46(63)10-6-4-3-5-7-18-54-36-11-12-37-40(26-36)50(66)61(49(37)65)42-13-14-45(62)56-48(42)64/h11-12,23-29,31,42,47,54H,3-10,13-22,30H2,1-2H3,(H,56,62,64). The zero-order valence-corrected chi connectivity index (χ0v) is 38.7. The van der Waals surface area contributed by atoms with Crippen LogP contribution in [0.25, 0.3) is 11.1 Å². The summed E-state index contributed by atoms with van der Waals surface area (Å²) in [6.07, 6.45) is 9.43. The third-order valence-electron chi connectivity index (χ3n) is 14.3. The van der Waals surface area contributed by atoms with Crippen LogP contribution < -0.4 is 15.5 Å². The van der Waals surface area contributed by atoms with Crippen molar-refractivity contribution in [3.8, 4) is 11.1 Å². The van der Waals surface area contributed by atoms with Crippen LogP contribution in [0.2, 0.25) is 0 Å². The Bertz CT molecular complexity index is 2640. The maximum absolute atomic E-state index is 14.8. The summed E-state index contributed by atoms with van der Waals surface area (Å²) in [5, 5.41) is 9.79. The minimum atomic E-state index is -2.69. The molecule has 68 heavy (non-hydrogen) atoms. The molecule has 0 spiro atoms. The number of piperidine rings is 2. The van der Waals surface area contributed by atoms with Gasteiger partial charge in [-0.15, -0.1) is 0 Å². The third kappa shape index (κ3) is 9.43. The number of methoxy groups -OCH3 is 1. The van der Waals surface area contributed by atoms with E-state index in [1.165, 1.54) is 12.7 Å². The number of nitrogens with one attached hydrogen (secondary N) is 2. The van der Waals surface area contributed by atoms with Crippen molar-refractivity contribution < 1.29 is 42.3 Å².